The van der Waals surface area contributed by atoms with Crippen molar-refractivity contribution in [1.29, 1.82) is 0 Å². The maximum atomic E-state index is 11.8. The molecule has 4 heteroatoms. The highest BCUT2D eigenvalue weighted by atomic mass is 16.1. The molecule has 0 aliphatic rings. The minimum Gasteiger partial charge on any atom is -0.397 e. The molecule has 0 fully saturated rings. The molecular weight excluding hydrogens is 274 g/mol. The molecule has 0 saturated carbocycles. The predicted molar refractivity (Wildman–Crippen MR) is 95.2 cm³/mol. The molecule has 0 unspecified atom stereocenters. The summed E-state index contributed by atoms with van der Waals surface area (Å²) in [5.41, 5.74) is 9.14. The van der Waals surface area contributed by atoms with Crippen LogP contribution in [0.1, 0.15) is 46.1 Å². The van der Waals surface area contributed by atoms with Crippen LogP contribution in [0.3, 0.4) is 0 Å². The molecule has 3 N–H and O–H groups in total. The number of nitrogens with zero attached hydrogens (tertiary/aromatic N) is 1. The zero-order valence-corrected chi connectivity index (χ0v) is 14.5. The van der Waals surface area contributed by atoms with Crippen molar-refractivity contribution < 1.29 is 4.79 Å². The van der Waals surface area contributed by atoms with Crippen molar-refractivity contribution in [2.75, 3.05) is 30.3 Å². The van der Waals surface area contributed by atoms with E-state index < -0.39 is 0 Å². The third kappa shape index (κ3) is 5.96. The van der Waals surface area contributed by atoms with Crippen LogP contribution < -0.4 is 16.0 Å². The smallest absolute Gasteiger partial charge is 0.220 e. The molecule has 1 rings (SSSR count). The van der Waals surface area contributed by atoms with Crippen LogP contribution in [0, 0.1) is 5.92 Å². The fourth-order valence-corrected chi connectivity index (χ4v) is 2.46. The van der Waals surface area contributed by atoms with Gasteiger partial charge in [-0.15, -0.1) is 0 Å². The van der Waals surface area contributed by atoms with Crippen molar-refractivity contribution in [1.82, 2.24) is 5.32 Å². The highest BCUT2D eigenvalue weighted by Crippen LogP contribution is 2.24. The number of nitrogen functional groups attached to an aromatic ring is 1. The van der Waals surface area contributed by atoms with Gasteiger partial charge in [-0.3, -0.25) is 4.79 Å². The van der Waals surface area contributed by atoms with Crippen molar-refractivity contribution in [3.8, 4) is 0 Å². The van der Waals surface area contributed by atoms with Crippen molar-refractivity contribution >= 4 is 17.3 Å². The molecule has 22 heavy (non-hydrogen) atoms. The molecule has 0 bridgehead atoms. The van der Waals surface area contributed by atoms with Crippen molar-refractivity contribution in [3.05, 3.63) is 23.8 Å². The van der Waals surface area contributed by atoms with E-state index >= 15 is 0 Å². The first-order chi connectivity index (χ1) is 10.5. The average Bonchev–Trinajstić information content (AvgIpc) is 2.47. The minimum absolute atomic E-state index is 0.118. The van der Waals surface area contributed by atoms with E-state index in [4.69, 9.17) is 5.73 Å². The summed E-state index contributed by atoms with van der Waals surface area (Å²) in [7, 11) is 0. The molecule has 1 aromatic carbocycles. The van der Waals surface area contributed by atoms with Crippen molar-refractivity contribution in [3.63, 3.8) is 0 Å². The van der Waals surface area contributed by atoms with Crippen LogP contribution in [0.4, 0.5) is 11.4 Å². The maximum absolute atomic E-state index is 11.8. The molecule has 1 aromatic rings. The van der Waals surface area contributed by atoms with Crippen LogP contribution in [0.2, 0.25) is 0 Å². The summed E-state index contributed by atoms with van der Waals surface area (Å²) < 4.78 is 0. The van der Waals surface area contributed by atoms with Gasteiger partial charge < -0.3 is 16.0 Å². The summed E-state index contributed by atoms with van der Waals surface area (Å²) >= 11 is 0. The van der Waals surface area contributed by atoms with Gasteiger partial charge in [0.15, 0.2) is 0 Å². The second kappa shape index (κ2) is 9.34. The van der Waals surface area contributed by atoms with Crippen LogP contribution in [-0.4, -0.2) is 25.5 Å². The first kappa shape index (κ1) is 18.3. The summed E-state index contributed by atoms with van der Waals surface area (Å²) in [6.07, 6.45) is 2.27. The van der Waals surface area contributed by atoms with Gasteiger partial charge >= 0.3 is 0 Å². The van der Waals surface area contributed by atoms with Crippen LogP contribution in [0.15, 0.2) is 18.2 Å². The molecule has 0 spiro atoms. The molecule has 124 valence electrons. The van der Waals surface area contributed by atoms with Gasteiger partial charge in [0.1, 0.15) is 0 Å². The Labute approximate surface area is 135 Å². The van der Waals surface area contributed by atoms with Crippen LogP contribution in [0.25, 0.3) is 0 Å². The van der Waals surface area contributed by atoms with Gasteiger partial charge in [-0.2, -0.15) is 0 Å². The van der Waals surface area contributed by atoms with Gasteiger partial charge in [-0.25, -0.2) is 0 Å². The Morgan fingerprint density at radius 2 is 1.95 bits per heavy atom. The Bertz CT molecular complexity index is 467. The fourth-order valence-electron chi connectivity index (χ4n) is 2.46. The second-order valence-electron chi connectivity index (χ2n) is 6.10. The Hall–Kier alpha value is -1.71. The van der Waals surface area contributed by atoms with E-state index in [0.717, 1.165) is 49.4 Å². The van der Waals surface area contributed by atoms with Crippen LogP contribution in [0.5, 0.6) is 0 Å². The first-order valence-corrected chi connectivity index (χ1v) is 8.37. The largest absolute Gasteiger partial charge is 0.397 e. The number of rotatable bonds is 9. The molecule has 4 nitrogen and oxygen atoms in total. The first-order valence-electron chi connectivity index (χ1n) is 8.37. The molecule has 0 aliphatic carbocycles. The van der Waals surface area contributed by atoms with E-state index in [2.05, 4.69) is 50.0 Å². The number of carbonyl (C=O) groups excluding carboxylic acids is 1. The summed E-state index contributed by atoms with van der Waals surface area (Å²) in [6.45, 7) is 11.2. The van der Waals surface area contributed by atoms with Crippen molar-refractivity contribution in [2.24, 2.45) is 5.92 Å². The SMILES string of the molecule is CCN(CC)c1ccc(CCC(=O)NCCC(C)C)cc1N. The van der Waals surface area contributed by atoms with Gasteiger partial charge in [0.2, 0.25) is 5.91 Å². The number of carbonyl (C=O) groups is 1. The normalized spacial score (nSPS) is 10.8. The van der Waals surface area contributed by atoms with Gasteiger partial charge in [0, 0.05) is 26.1 Å². The number of nitrogens with two attached hydrogens (primary N) is 1. The number of hydrogen-bond acceptors (Lipinski definition) is 3. The number of benzene rings is 1. The van der Waals surface area contributed by atoms with E-state index in [1.165, 1.54) is 0 Å². The van der Waals surface area contributed by atoms with Gasteiger partial charge in [0.25, 0.3) is 0 Å². The Kier molecular flexibility index (Phi) is 7.78. The molecule has 0 aromatic heterocycles. The average molecular weight is 305 g/mol. The summed E-state index contributed by atoms with van der Waals surface area (Å²) in [5, 5.41) is 2.97. The lowest BCUT2D eigenvalue weighted by atomic mass is 10.1. The molecule has 0 radical (unpaired) electrons. The van der Waals surface area contributed by atoms with E-state index in [9.17, 15) is 4.79 Å². The second-order valence-corrected chi connectivity index (χ2v) is 6.10. The number of nitrogens with one attached hydrogen (secondary N) is 1. The van der Waals surface area contributed by atoms with Crippen LogP contribution in [-0.2, 0) is 11.2 Å². The monoisotopic (exact) mass is 305 g/mol. The highest BCUT2D eigenvalue weighted by molar-refractivity contribution is 5.76. The Morgan fingerprint density at radius 3 is 2.50 bits per heavy atom. The third-order valence-corrected chi connectivity index (χ3v) is 3.88. The molecular formula is C18H31N3O. The number of amides is 1. The molecule has 0 heterocycles. The fraction of sp³-hybridized carbons (Fsp3) is 0.611. The molecule has 0 saturated heterocycles. The Balaban J connectivity index is 2.50. The lowest BCUT2D eigenvalue weighted by Gasteiger charge is -2.23. The van der Waals surface area contributed by atoms with Gasteiger partial charge in [-0.1, -0.05) is 19.9 Å². The zero-order valence-electron chi connectivity index (χ0n) is 14.5. The van der Waals surface area contributed by atoms with Crippen molar-refractivity contribution in [2.45, 2.75) is 47.0 Å². The lowest BCUT2D eigenvalue weighted by Crippen LogP contribution is -2.25. The summed E-state index contributed by atoms with van der Waals surface area (Å²) in [4.78, 5) is 14.0. The lowest BCUT2D eigenvalue weighted by molar-refractivity contribution is -0.121. The Morgan fingerprint density at radius 1 is 1.27 bits per heavy atom. The number of anilines is 2. The molecule has 0 aliphatic heterocycles. The van der Waals surface area contributed by atoms with E-state index in [-0.39, 0.29) is 5.91 Å². The van der Waals surface area contributed by atoms with E-state index in [0.29, 0.717) is 12.3 Å². The number of hydrogen-bond donors (Lipinski definition) is 2. The standard InChI is InChI=1S/C18H31N3O/c1-5-21(6-2)17-9-7-15(13-16(17)19)8-10-18(22)20-12-11-14(3)4/h7,9,13-14H,5-6,8,10-12,19H2,1-4H3,(H,20,22). The zero-order chi connectivity index (χ0) is 16.5. The minimum atomic E-state index is 0.118. The topological polar surface area (TPSA) is 58.4 Å². The third-order valence-electron chi connectivity index (χ3n) is 3.88. The predicted octanol–water partition coefficient (Wildman–Crippen LogP) is 3.21. The highest BCUT2D eigenvalue weighted by Gasteiger charge is 2.08. The maximum Gasteiger partial charge on any atom is 0.220 e. The number of aryl methyl sites for hydroxylation is 1. The van der Waals surface area contributed by atoms with E-state index in [1.54, 1.807) is 0 Å². The summed E-state index contributed by atoms with van der Waals surface area (Å²) in [6, 6.07) is 6.13. The molecule has 0 atom stereocenters. The van der Waals surface area contributed by atoms with Gasteiger partial charge in [0.05, 0.1) is 11.4 Å². The quantitative estimate of drug-likeness (QED) is 0.689. The van der Waals surface area contributed by atoms with Crippen LogP contribution >= 0.6 is 0 Å². The van der Waals surface area contributed by atoms with E-state index in [1.807, 2.05) is 6.07 Å². The van der Waals surface area contributed by atoms with Gasteiger partial charge in [-0.05, 0) is 50.3 Å². The summed E-state index contributed by atoms with van der Waals surface area (Å²) in [5.74, 6) is 0.736. The molecule has 1 amide bonds.